The van der Waals surface area contributed by atoms with E-state index < -0.39 is 6.43 Å². The fraction of sp³-hybridized carbons (Fsp3) is 0.500. The number of carbonyl (C=O) groups excluding carboxylic acids is 1. The van der Waals surface area contributed by atoms with Crippen LogP contribution in [-0.2, 0) is 11.3 Å². The first-order valence-electron chi connectivity index (χ1n) is 6.31. The van der Waals surface area contributed by atoms with Gasteiger partial charge in [0.1, 0.15) is 0 Å². The summed E-state index contributed by atoms with van der Waals surface area (Å²) >= 11 is 0. The Bertz CT molecular complexity index is 406. The summed E-state index contributed by atoms with van der Waals surface area (Å²) in [5.41, 5.74) is 0.891. The van der Waals surface area contributed by atoms with E-state index in [0.717, 1.165) is 5.56 Å². The van der Waals surface area contributed by atoms with Crippen LogP contribution in [0.4, 0.5) is 8.78 Å². The van der Waals surface area contributed by atoms with Crippen LogP contribution in [-0.4, -0.2) is 30.4 Å². The third kappa shape index (κ3) is 4.59. The second-order valence-corrected chi connectivity index (χ2v) is 4.50. The van der Waals surface area contributed by atoms with E-state index in [4.69, 9.17) is 0 Å². The van der Waals surface area contributed by atoms with Gasteiger partial charge >= 0.3 is 0 Å². The van der Waals surface area contributed by atoms with Gasteiger partial charge in [-0.2, -0.15) is 0 Å². The number of hydrogen-bond donors (Lipinski definition) is 1. The summed E-state index contributed by atoms with van der Waals surface area (Å²) in [6.07, 6.45) is -2.44. The molecule has 1 aromatic rings. The van der Waals surface area contributed by atoms with Gasteiger partial charge in [0.2, 0.25) is 5.91 Å². The van der Waals surface area contributed by atoms with Crippen LogP contribution in [0.25, 0.3) is 0 Å². The van der Waals surface area contributed by atoms with E-state index in [1.807, 2.05) is 6.92 Å². The van der Waals surface area contributed by atoms with Gasteiger partial charge < -0.3 is 10.2 Å². The monoisotopic (exact) mass is 270 g/mol. The molecule has 1 rings (SSSR count). The average Bonchev–Trinajstić information content (AvgIpc) is 2.43. The zero-order valence-corrected chi connectivity index (χ0v) is 11.5. The van der Waals surface area contributed by atoms with Crippen molar-refractivity contribution in [3.8, 4) is 0 Å². The van der Waals surface area contributed by atoms with Crippen molar-refractivity contribution in [3.05, 3.63) is 35.4 Å². The van der Waals surface area contributed by atoms with Crippen molar-refractivity contribution in [2.24, 2.45) is 0 Å². The maximum atomic E-state index is 12.4. The topological polar surface area (TPSA) is 32.3 Å². The predicted octanol–water partition coefficient (Wildman–Crippen LogP) is 2.58. The Hall–Kier alpha value is -1.49. The molecule has 19 heavy (non-hydrogen) atoms. The van der Waals surface area contributed by atoms with Gasteiger partial charge in [0.05, 0.1) is 6.04 Å². The molecule has 0 fully saturated rings. The number of nitrogens with one attached hydrogen (secondary N) is 1. The van der Waals surface area contributed by atoms with E-state index >= 15 is 0 Å². The molecule has 0 saturated heterocycles. The van der Waals surface area contributed by atoms with E-state index in [1.165, 1.54) is 12.1 Å². The summed E-state index contributed by atoms with van der Waals surface area (Å²) < 4.78 is 24.8. The summed E-state index contributed by atoms with van der Waals surface area (Å²) in [5.74, 6) is 0.0201. The third-order valence-electron chi connectivity index (χ3n) is 3.07. The molecule has 0 spiro atoms. The Labute approximate surface area is 112 Å². The number of benzene rings is 1. The lowest BCUT2D eigenvalue weighted by Gasteiger charge is -2.20. The molecule has 0 heterocycles. The molecule has 1 N–H and O–H groups in total. The van der Waals surface area contributed by atoms with Crippen LogP contribution >= 0.6 is 0 Å². The lowest BCUT2D eigenvalue weighted by molar-refractivity contribution is -0.131. The Morgan fingerprint density at radius 1 is 1.32 bits per heavy atom. The van der Waals surface area contributed by atoms with Gasteiger partial charge in [-0.15, -0.1) is 0 Å². The molecular formula is C14H20F2N2O. The SMILES string of the molecule is CCN(C)C(=O)C(C)NCc1ccc(C(F)F)cc1. The van der Waals surface area contributed by atoms with Crippen molar-refractivity contribution in [3.63, 3.8) is 0 Å². The minimum atomic E-state index is -2.44. The molecule has 0 aliphatic rings. The molecule has 0 aliphatic heterocycles. The van der Waals surface area contributed by atoms with Gasteiger partial charge in [-0.25, -0.2) is 8.78 Å². The molecule has 0 bridgehead atoms. The quantitative estimate of drug-likeness (QED) is 0.861. The van der Waals surface area contributed by atoms with Crippen molar-refractivity contribution in [2.45, 2.75) is 32.9 Å². The molecule has 1 aromatic carbocycles. The first-order valence-corrected chi connectivity index (χ1v) is 6.31. The maximum absolute atomic E-state index is 12.4. The van der Waals surface area contributed by atoms with E-state index in [9.17, 15) is 13.6 Å². The summed E-state index contributed by atoms with van der Waals surface area (Å²) in [6.45, 7) is 4.84. The van der Waals surface area contributed by atoms with Gasteiger partial charge in [0.15, 0.2) is 0 Å². The minimum absolute atomic E-state index is 0.0126. The van der Waals surface area contributed by atoms with Crippen LogP contribution in [0.1, 0.15) is 31.4 Å². The number of likely N-dealkylation sites (N-methyl/N-ethyl adjacent to an activating group) is 1. The van der Waals surface area contributed by atoms with Crippen molar-refractivity contribution in [1.29, 1.82) is 0 Å². The smallest absolute Gasteiger partial charge is 0.263 e. The number of amides is 1. The summed E-state index contributed by atoms with van der Waals surface area (Å²) in [5, 5.41) is 3.08. The van der Waals surface area contributed by atoms with Gasteiger partial charge in [0.25, 0.3) is 6.43 Å². The molecule has 0 radical (unpaired) electrons. The average molecular weight is 270 g/mol. The first-order chi connectivity index (χ1) is 8.95. The van der Waals surface area contributed by atoms with E-state index in [1.54, 1.807) is 31.0 Å². The summed E-state index contributed by atoms with van der Waals surface area (Å²) in [4.78, 5) is 13.4. The highest BCUT2D eigenvalue weighted by molar-refractivity contribution is 5.81. The number of nitrogens with zero attached hydrogens (tertiary/aromatic N) is 1. The van der Waals surface area contributed by atoms with Crippen LogP contribution in [0.2, 0.25) is 0 Å². The Kier molecular flexibility index (Phi) is 5.89. The highest BCUT2D eigenvalue weighted by atomic mass is 19.3. The van der Waals surface area contributed by atoms with Crippen molar-refractivity contribution in [1.82, 2.24) is 10.2 Å². The van der Waals surface area contributed by atoms with E-state index in [0.29, 0.717) is 13.1 Å². The standard InChI is InChI=1S/C14H20F2N2O/c1-4-18(3)14(19)10(2)17-9-11-5-7-12(8-6-11)13(15)16/h5-8,10,13,17H,4,9H2,1-3H3. The molecule has 0 aromatic heterocycles. The third-order valence-corrected chi connectivity index (χ3v) is 3.07. The molecule has 106 valence electrons. The second-order valence-electron chi connectivity index (χ2n) is 4.50. The highest BCUT2D eigenvalue weighted by Crippen LogP contribution is 2.18. The lowest BCUT2D eigenvalue weighted by Crippen LogP contribution is -2.42. The summed E-state index contributed by atoms with van der Waals surface area (Å²) in [6, 6.07) is 5.82. The Morgan fingerprint density at radius 3 is 2.37 bits per heavy atom. The van der Waals surface area contributed by atoms with Crippen molar-refractivity contribution < 1.29 is 13.6 Å². The second kappa shape index (κ2) is 7.19. The number of hydrogen-bond acceptors (Lipinski definition) is 2. The highest BCUT2D eigenvalue weighted by Gasteiger charge is 2.15. The predicted molar refractivity (Wildman–Crippen MR) is 71.0 cm³/mol. The van der Waals surface area contributed by atoms with Crippen molar-refractivity contribution in [2.75, 3.05) is 13.6 Å². The van der Waals surface area contributed by atoms with Gasteiger partial charge in [-0.05, 0) is 19.4 Å². The van der Waals surface area contributed by atoms with Crippen LogP contribution in [0.5, 0.6) is 0 Å². The zero-order valence-electron chi connectivity index (χ0n) is 11.5. The molecule has 0 saturated carbocycles. The molecular weight excluding hydrogens is 250 g/mol. The number of carbonyl (C=O) groups is 1. The van der Waals surface area contributed by atoms with Crippen LogP contribution < -0.4 is 5.32 Å². The minimum Gasteiger partial charge on any atom is -0.345 e. The number of halogens is 2. The number of alkyl halides is 2. The van der Waals surface area contributed by atoms with Crippen LogP contribution in [0, 0.1) is 0 Å². The van der Waals surface area contributed by atoms with Crippen LogP contribution in [0.3, 0.4) is 0 Å². The molecule has 1 atom stereocenters. The van der Waals surface area contributed by atoms with E-state index in [2.05, 4.69) is 5.32 Å². The van der Waals surface area contributed by atoms with Crippen LogP contribution in [0.15, 0.2) is 24.3 Å². The molecule has 0 aliphatic carbocycles. The lowest BCUT2D eigenvalue weighted by atomic mass is 10.1. The molecule has 1 amide bonds. The van der Waals surface area contributed by atoms with Gasteiger partial charge in [-0.1, -0.05) is 24.3 Å². The summed E-state index contributed by atoms with van der Waals surface area (Å²) in [7, 11) is 1.75. The first kappa shape index (κ1) is 15.6. The fourth-order valence-corrected chi connectivity index (χ4v) is 1.63. The van der Waals surface area contributed by atoms with E-state index in [-0.39, 0.29) is 17.5 Å². The Balaban J connectivity index is 2.50. The number of rotatable bonds is 6. The van der Waals surface area contributed by atoms with Gasteiger partial charge in [-0.3, -0.25) is 4.79 Å². The Morgan fingerprint density at radius 2 is 1.89 bits per heavy atom. The zero-order chi connectivity index (χ0) is 14.4. The maximum Gasteiger partial charge on any atom is 0.263 e. The molecule has 3 nitrogen and oxygen atoms in total. The largest absolute Gasteiger partial charge is 0.345 e. The van der Waals surface area contributed by atoms with Crippen molar-refractivity contribution >= 4 is 5.91 Å². The fourth-order valence-electron chi connectivity index (χ4n) is 1.63. The normalized spacial score (nSPS) is 12.5. The van der Waals surface area contributed by atoms with Gasteiger partial charge in [0, 0.05) is 25.7 Å². The molecule has 1 unspecified atom stereocenters. The molecule has 5 heteroatoms.